The Morgan fingerprint density at radius 2 is 1.65 bits per heavy atom. The van der Waals surface area contributed by atoms with Crippen molar-refractivity contribution in [3.63, 3.8) is 0 Å². The number of pyridine rings is 1. The molecule has 2 rings (SSSR count). The fourth-order valence-electron chi connectivity index (χ4n) is 1.69. The smallest absolute Gasteiger partial charge is 0.357 e. The van der Waals surface area contributed by atoms with Crippen molar-refractivity contribution in [2.75, 3.05) is 5.73 Å². The topological polar surface area (TPSA) is 65.2 Å². The van der Waals surface area contributed by atoms with Crippen LogP contribution < -0.4 is 5.73 Å². The summed E-state index contributed by atoms with van der Waals surface area (Å²) in [6, 6.07) is 11.0. The van der Waals surface area contributed by atoms with Gasteiger partial charge in [-0.05, 0) is 44.5 Å². The number of hydrogen-bond donors (Lipinski definition) is 1. The third-order valence-corrected chi connectivity index (χ3v) is 2.62. The van der Waals surface area contributed by atoms with Crippen molar-refractivity contribution in [3.8, 4) is 11.1 Å². The highest BCUT2D eigenvalue weighted by atomic mass is 16.6. The number of carbonyl (C=O) groups excluding carboxylic acids is 1. The second-order valence-corrected chi connectivity index (χ2v) is 5.56. The van der Waals surface area contributed by atoms with Gasteiger partial charge in [0.15, 0.2) is 0 Å². The van der Waals surface area contributed by atoms with E-state index in [1.165, 1.54) is 0 Å². The number of esters is 1. The van der Waals surface area contributed by atoms with Crippen LogP contribution in [0.25, 0.3) is 11.1 Å². The highest BCUT2D eigenvalue weighted by molar-refractivity contribution is 5.88. The molecule has 20 heavy (non-hydrogen) atoms. The molecule has 1 heterocycles. The molecule has 0 saturated heterocycles. The minimum Gasteiger partial charge on any atom is -0.455 e. The molecule has 4 nitrogen and oxygen atoms in total. The lowest BCUT2D eigenvalue weighted by Crippen LogP contribution is -2.24. The number of nitrogen functional groups attached to an aromatic ring is 1. The van der Waals surface area contributed by atoms with Gasteiger partial charge in [-0.2, -0.15) is 0 Å². The molecule has 4 heteroatoms. The molecule has 0 saturated carbocycles. The monoisotopic (exact) mass is 270 g/mol. The van der Waals surface area contributed by atoms with Gasteiger partial charge >= 0.3 is 5.97 Å². The summed E-state index contributed by atoms with van der Waals surface area (Å²) in [4.78, 5) is 16.0. The van der Waals surface area contributed by atoms with E-state index in [4.69, 9.17) is 10.5 Å². The number of rotatable bonds is 2. The van der Waals surface area contributed by atoms with Crippen LogP contribution in [0, 0.1) is 0 Å². The maximum atomic E-state index is 11.9. The lowest BCUT2D eigenvalue weighted by molar-refractivity contribution is 0.00629. The first-order chi connectivity index (χ1) is 9.35. The number of nitrogens with zero attached hydrogens (tertiary/aromatic N) is 1. The van der Waals surface area contributed by atoms with Crippen LogP contribution in [0.15, 0.2) is 42.6 Å². The van der Waals surface area contributed by atoms with E-state index in [1.807, 2.05) is 51.1 Å². The largest absolute Gasteiger partial charge is 0.455 e. The van der Waals surface area contributed by atoms with Crippen LogP contribution in [0.4, 0.5) is 5.69 Å². The van der Waals surface area contributed by atoms with Crippen LogP contribution >= 0.6 is 0 Å². The maximum absolute atomic E-state index is 11.9. The van der Waals surface area contributed by atoms with Gasteiger partial charge in [0.25, 0.3) is 0 Å². The maximum Gasteiger partial charge on any atom is 0.357 e. The second-order valence-electron chi connectivity index (χ2n) is 5.56. The molecule has 0 bridgehead atoms. The minimum atomic E-state index is -0.519. The van der Waals surface area contributed by atoms with Crippen LogP contribution in [0.5, 0.6) is 0 Å². The van der Waals surface area contributed by atoms with Gasteiger partial charge in [-0.3, -0.25) is 0 Å². The Labute approximate surface area is 118 Å². The van der Waals surface area contributed by atoms with Gasteiger partial charge < -0.3 is 10.5 Å². The summed E-state index contributed by atoms with van der Waals surface area (Å²) < 4.78 is 5.27. The lowest BCUT2D eigenvalue weighted by Gasteiger charge is -2.19. The summed E-state index contributed by atoms with van der Waals surface area (Å²) in [5.74, 6) is -0.415. The number of ether oxygens (including phenoxy) is 1. The molecule has 0 aliphatic rings. The zero-order valence-corrected chi connectivity index (χ0v) is 11.9. The van der Waals surface area contributed by atoms with Gasteiger partial charge in [0.2, 0.25) is 0 Å². The number of aromatic nitrogens is 1. The fourth-order valence-corrected chi connectivity index (χ4v) is 1.69. The highest BCUT2D eigenvalue weighted by Gasteiger charge is 2.18. The molecule has 0 aliphatic carbocycles. The van der Waals surface area contributed by atoms with E-state index in [9.17, 15) is 4.79 Å². The zero-order valence-electron chi connectivity index (χ0n) is 11.9. The van der Waals surface area contributed by atoms with Crippen LogP contribution in [0.1, 0.15) is 31.3 Å². The van der Waals surface area contributed by atoms with E-state index >= 15 is 0 Å². The van der Waals surface area contributed by atoms with Crippen molar-refractivity contribution in [2.24, 2.45) is 0 Å². The summed E-state index contributed by atoms with van der Waals surface area (Å²) in [6.07, 6.45) is 1.66. The Kier molecular flexibility index (Phi) is 3.74. The molecule has 2 N–H and O–H groups in total. The predicted molar refractivity (Wildman–Crippen MR) is 79.3 cm³/mol. The number of carbonyl (C=O) groups is 1. The van der Waals surface area contributed by atoms with Crippen molar-refractivity contribution in [1.29, 1.82) is 0 Å². The first-order valence-electron chi connectivity index (χ1n) is 6.40. The molecule has 0 atom stereocenters. The lowest BCUT2D eigenvalue weighted by atomic mass is 10.1. The summed E-state index contributed by atoms with van der Waals surface area (Å²) in [5.41, 5.74) is 8.08. The van der Waals surface area contributed by atoms with Crippen molar-refractivity contribution in [2.45, 2.75) is 26.4 Å². The average Bonchev–Trinajstić information content (AvgIpc) is 2.38. The predicted octanol–water partition coefficient (Wildman–Crippen LogP) is 3.29. The third-order valence-electron chi connectivity index (χ3n) is 2.62. The van der Waals surface area contributed by atoms with Crippen molar-refractivity contribution >= 4 is 11.7 Å². The number of hydrogen-bond acceptors (Lipinski definition) is 4. The van der Waals surface area contributed by atoms with Gasteiger partial charge in [0.1, 0.15) is 11.3 Å². The molecule has 104 valence electrons. The van der Waals surface area contributed by atoms with Crippen molar-refractivity contribution in [1.82, 2.24) is 4.98 Å². The van der Waals surface area contributed by atoms with Crippen LogP contribution in [0.3, 0.4) is 0 Å². The summed E-state index contributed by atoms with van der Waals surface area (Å²) in [5, 5.41) is 0. The van der Waals surface area contributed by atoms with E-state index < -0.39 is 11.6 Å². The molecule has 0 radical (unpaired) electrons. The first-order valence-corrected chi connectivity index (χ1v) is 6.40. The molecule has 0 aliphatic heterocycles. The van der Waals surface area contributed by atoms with Gasteiger partial charge in [-0.1, -0.05) is 18.2 Å². The van der Waals surface area contributed by atoms with E-state index in [1.54, 1.807) is 12.3 Å². The van der Waals surface area contributed by atoms with E-state index in [2.05, 4.69) is 4.98 Å². The molecule has 2 aromatic rings. The van der Waals surface area contributed by atoms with Crippen molar-refractivity contribution < 1.29 is 9.53 Å². The first kappa shape index (κ1) is 14.1. The summed E-state index contributed by atoms with van der Waals surface area (Å²) in [7, 11) is 0. The zero-order chi connectivity index (χ0) is 14.8. The Morgan fingerprint density at radius 1 is 1.05 bits per heavy atom. The van der Waals surface area contributed by atoms with E-state index in [0.29, 0.717) is 11.4 Å². The highest BCUT2D eigenvalue weighted by Crippen LogP contribution is 2.20. The Bertz CT molecular complexity index is 596. The number of benzene rings is 1. The van der Waals surface area contributed by atoms with Gasteiger partial charge in [0, 0.05) is 17.4 Å². The molecular weight excluding hydrogens is 252 g/mol. The second kappa shape index (κ2) is 5.33. The molecule has 0 fully saturated rings. The SMILES string of the molecule is CC(C)(C)OC(=O)c1ccc(-c2ccc(N)cc2)cn1. The summed E-state index contributed by atoms with van der Waals surface area (Å²) in [6.45, 7) is 5.48. The molecular formula is C16H18N2O2. The number of nitrogens with two attached hydrogens (primary N) is 1. The fraction of sp³-hybridized carbons (Fsp3) is 0.250. The molecule has 1 aromatic heterocycles. The van der Waals surface area contributed by atoms with Crippen molar-refractivity contribution in [3.05, 3.63) is 48.3 Å². The Hall–Kier alpha value is -2.36. The van der Waals surface area contributed by atoms with Crippen LogP contribution in [-0.2, 0) is 4.74 Å². The molecule has 0 spiro atoms. The van der Waals surface area contributed by atoms with Gasteiger partial charge in [-0.25, -0.2) is 9.78 Å². The van der Waals surface area contributed by atoms with Crippen LogP contribution in [0.2, 0.25) is 0 Å². The summed E-state index contributed by atoms with van der Waals surface area (Å²) >= 11 is 0. The van der Waals surface area contributed by atoms with Crippen LogP contribution in [-0.4, -0.2) is 16.6 Å². The quantitative estimate of drug-likeness (QED) is 0.671. The minimum absolute atomic E-state index is 0.305. The molecule has 0 amide bonds. The van der Waals surface area contributed by atoms with E-state index in [0.717, 1.165) is 11.1 Å². The standard InChI is InChI=1S/C16H18N2O2/c1-16(2,3)20-15(19)14-9-6-12(10-18-14)11-4-7-13(17)8-5-11/h4-10H,17H2,1-3H3. The normalized spacial score (nSPS) is 11.2. The Morgan fingerprint density at radius 3 is 2.15 bits per heavy atom. The third kappa shape index (κ3) is 3.57. The van der Waals surface area contributed by atoms with Gasteiger partial charge in [0.05, 0.1) is 0 Å². The average molecular weight is 270 g/mol. The van der Waals surface area contributed by atoms with E-state index in [-0.39, 0.29) is 0 Å². The number of anilines is 1. The van der Waals surface area contributed by atoms with Gasteiger partial charge in [-0.15, -0.1) is 0 Å². The molecule has 0 unspecified atom stereocenters. The molecule has 1 aromatic carbocycles. The Balaban J connectivity index is 2.18.